The van der Waals surface area contributed by atoms with Crippen LogP contribution < -0.4 is 0 Å². The zero-order valence-corrected chi connectivity index (χ0v) is 8.41. The second kappa shape index (κ2) is 3.08. The Morgan fingerprint density at radius 1 is 1.18 bits per heavy atom. The number of rotatable bonds is 0. The Balaban J connectivity index is 2.35. The molecule has 0 bridgehead atoms. The predicted octanol–water partition coefficient (Wildman–Crippen LogP) is 1.61. The molecule has 4 heteroatoms. The van der Waals surface area contributed by atoms with Gasteiger partial charge >= 0.3 is 0 Å². The topological polar surface area (TPSA) is 30.7 Å². The van der Waals surface area contributed by atoms with Crippen LogP contribution in [0.1, 0.15) is 25.1 Å². The number of fused-ring (bicyclic) bond motifs is 1. The largest absolute Gasteiger partial charge is 0.306 e. The molecule has 0 saturated heterocycles. The highest BCUT2D eigenvalue weighted by atomic mass is 127. The minimum Gasteiger partial charge on any atom is -0.306 e. The minimum absolute atomic E-state index is 1.04. The molecule has 3 nitrogen and oxygen atoms in total. The lowest BCUT2D eigenvalue weighted by atomic mass is 10.2. The van der Waals surface area contributed by atoms with Crippen molar-refractivity contribution < 1.29 is 0 Å². The Morgan fingerprint density at radius 2 is 2.09 bits per heavy atom. The van der Waals surface area contributed by atoms with Gasteiger partial charge in [-0.05, 0) is 12.8 Å². The first kappa shape index (κ1) is 7.52. The van der Waals surface area contributed by atoms with E-state index < -0.39 is 0 Å². The third-order valence-corrected chi connectivity index (χ3v) is 2.86. The zero-order chi connectivity index (χ0) is 7.68. The van der Waals surface area contributed by atoms with Gasteiger partial charge in [-0.15, -0.1) is 10.2 Å². The van der Waals surface area contributed by atoms with Crippen LogP contribution in [0.5, 0.6) is 0 Å². The number of aromatic nitrogens is 3. The molecule has 60 valence electrons. The van der Waals surface area contributed by atoms with Gasteiger partial charge < -0.3 is 4.57 Å². The molecular weight excluding hydrogens is 253 g/mol. The SMILES string of the molecule is Ic1nnc2n1CCCCC2. The number of nitrogens with zero attached hydrogens (tertiary/aromatic N) is 3. The lowest BCUT2D eigenvalue weighted by Gasteiger charge is -2.00. The number of halogens is 1. The lowest BCUT2D eigenvalue weighted by Crippen LogP contribution is -2.02. The van der Waals surface area contributed by atoms with Gasteiger partial charge in [-0.1, -0.05) is 6.42 Å². The molecular formula is C7H10IN3. The van der Waals surface area contributed by atoms with Crippen molar-refractivity contribution in [2.24, 2.45) is 0 Å². The standard InChI is InChI=1S/C7H10IN3/c8-7-10-9-6-4-2-1-3-5-11(6)7/h1-5H2. The molecule has 0 aliphatic carbocycles. The van der Waals surface area contributed by atoms with Crippen LogP contribution in [0.2, 0.25) is 0 Å². The summed E-state index contributed by atoms with van der Waals surface area (Å²) < 4.78 is 3.27. The van der Waals surface area contributed by atoms with Gasteiger partial charge in [0.15, 0.2) is 3.83 Å². The zero-order valence-electron chi connectivity index (χ0n) is 6.26. The maximum atomic E-state index is 4.12. The van der Waals surface area contributed by atoms with Gasteiger partial charge in [0.1, 0.15) is 5.82 Å². The van der Waals surface area contributed by atoms with Crippen LogP contribution in [0.25, 0.3) is 0 Å². The van der Waals surface area contributed by atoms with E-state index in [-0.39, 0.29) is 0 Å². The molecule has 0 radical (unpaired) electrons. The van der Waals surface area contributed by atoms with E-state index in [2.05, 4.69) is 37.4 Å². The molecule has 0 atom stereocenters. The number of hydrogen-bond donors (Lipinski definition) is 0. The van der Waals surface area contributed by atoms with Crippen molar-refractivity contribution in [2.45, 2.75) is 32.2 Å². The third-order valence-electron chi connectivity index (χ3n) is 2.06. The Kier molecular flexibility index (Phi) is 2.11. The molecule has 0 N–H and O–H groups in total. The maximum Gasteiger partial charge on any atom is 0.194 e. The van der Waals surface area contributed by atoms with Crippen molar-refractivity contribution >= 4 is 22.6 Å². The van der Waals surface area contributed by atoms with Gasteiger partial charge in [-0.3, -0.25) is 0 Å². The molecule has 1 aliphatic heterocycles. The van der Waals surface area contributed by atoms with Crippen molar-refractivity contribution in [3.63, 3.8) is 0 Å². The summed E-state index contributed by atoms with van der Waals surface area (Å²) in [7, 11) is 0. The fraction of sp³-hybridized carbons (Fsp3) is 0.714. The second-order valence-corrected chi connectivity index (χ2v) is 3.81. The van der Waals surface area contributed by atoms with E-state index in [9.17, 15) is 0 Å². The summed E-state index contributed by atoms with van der Waals surface area (Å²) in [5.41, 5.74) is 0. The second-order valence-electron chi connectivity index (χ2n) is 2.85. The smallest absolute Gasteiger partial charge is 0.194 e. The molecule has 0 saturated carbocycles. The Bertz CT molecular complexity index is 256. The van der Waals surface area contributed by atoms with Crippen LogP contribution in [0.4, 0.5) is 0 Å². The molecule has 0 fully saturated rings. The van der Waals surface area contributed by atoms with E-state index in [1.54, 1.807) is 0 Å². The Morgan fingerprint density at radius 3 is 3.00 bits per heavy atom. The summed E-state index contributed by atoms with van der Waals surface area (Å²) in [5.74, 6) is 1.17. The summed E-state index contributed by atoms with van der Waals surface area (Å²) in [5, 5.41) is 8.16. The van der Waals surface area contributed by atoms with Crippen LogP contribution in [-0.2, 0) is 13.0 Å². The third kappa shape index (κ3) is 1.40. The molecule has 0 spiro atoms. The fourth-order valence-corrected chi connectivity index (χ4v) is 2.08. The van der Waals surface area contributed by atoms with Crippen LogP contribution in [0.3, 0.4) is 0 Å². The summed E-state index contributed by atoms with van der Waals surface area (Å²) >= 11 is 2.25. The minimum atomic E-state index is 1.04. The van der Waals surface area contributed by atoms with Crippen LogP contribution >= 0.6 is 22.6 Å². The molecule has 1 aromatic rings. The monoisotopic (exact) mass is 263 g/mol. The van der Waals surface area contributed by atoms with Gasteiger partial charge in [0.05, 0.1) is 0 Å². The van der Waals surface area contributed by atoms with Crippen molar-refractivity contribution in [3.8, 4) is 0 Å². The molecule has 0 unspecified atom stereocenters. The molecule has 11 heavy (non-hydrogen) atoms. The fourth-order valence-electron chi connectivity index (χ4n) is 1.45. The van der Waals surface area contributed by atoms with Crippen LogP contribution in [0, 0.1) is 3.83 Å². The predicted molar refractivity (Wildman–Crippen MR) is 50.3 cm³/mol. The first-order valence-electron chi connectivity index (χ1n) is 3.95. The van der Waals surface area contributed by atoms with Gasteiger partial charge in [-0.2, -0.15) is 0 Å². The Labute approximate surface area is 79.3 Å². The highest BCUT2D eigenvalue weighted by Gasteiger charge is 2.11. The van der Waals surface area contributed by atoms with E-state index in [4.69, 9.17) is 0 Å². The first-order chi connectivity index (χ1) is 5.38. The number of hydrogen-bond acceptors (Lipinski definition) is 2. The van der Waals surface area contributed by atoms with Crippen molar-refractivity contribution in [2.75, 3.05) is 0 Å². The summed E-state index contributed by atoms with van der Waals surface area (Å²) in [6.07, 6.45) is 4.99. The quantitative estimate of drug-likeness (QED) is 0.666. The normalized spacial score (nSPS) is 17.5. The van der Waals surface area contributed by atoms with Gasteiger partial charge in [0, 0.05) is 35.6 Å². The molecule has 0 amide bonds. The molecule has 2 heterocycles. The van der Waals surface area contributed by atoms with Crippen LogP contribution in [0.15, 0.2) is 0 Å². The first-order valence-corrected chi connectivity index (χ1v) is 5.03. The molecule has 1 aliphatic rings. The summed E-state index contributed by atoms with van der Waals surface area (Å²) in [6, 6.07) is 0. The highest BCUT2D eigenvalue weighted by Crippen LogP contribution is 2.14. The van der Waals surface area contributed by atoms with Gasteiger partial charge in [-0.25, -0.2) is 0 Å². The lowest BCUT2D eigenvalue weighted by molar-refractivity contribution is 0.621. The van der Waals surface area contributed by atoms with E-state index in [1.165, 1.54) is 25.1 Å². The van der Waals surface area contributed by atoms with Crippen molar-refractivity contribution in [3.05, 3.63) is 9.66 Å². The van der Waals surface area contributed by atoms with E-state index >= 15 is 0 Å². The van der Waals surface area contributed by atoms with Crippen LogP contribution in [-0.4, -0.2) is 14.8 Å². The average molecular weight is 263 g/mol. The van der Waals surface area contributed by atoms with E-state index in [1.807, 2.05) is 0 Å². The van der Waals surface area contributed by atoms with Gasteiger partial charge in [0.25, 0.3) is 0 Å². The van der Waals surface area contributed by atoms with E-state index in [0.29, 0.717) is 0 Å². The average Bonchev–Trinajstić information content (AvgIpc) is 2.25. The maximum absolute atomic E-state index is 4.12. The highest BCUT2D eigenvalue weighted by molar-refractivity contribution is 14.1. The summed E-state index contributed by atoms with van der Waals surface area (Å²) in [4.78, 5) is 0. The van der Waals surface area contributed by atoms with Gasteiger partial charge in [0.2, 0.25) is 0 Å². The molecule has 2 rings (SSSR count). The van der Waals surface area contributed by atoms with E-state index in [0.717, 1.165) is 16.8 Å². The Hall–Kier alpha value is -0.130. The molecule has 1 aromatic heterocycles. The molecule has 0 aromatic carbocycles. The summed E-state index contributed by atoms with van der Waals surface area (Å²) in [6.45, 7) is 1.11. The van der Waals surface area contributed by atoms with Crippen molar-refractivity contribution in [1.29, 1.82) is 0 Å². The number of aryl methyl sites for hydroxylation is 1. The van der Waals surface area contributed by atoms with Crippen molar-refractivity contribution in [1.82, 2.24) is 14.8 Å².